The molecule has 1 aliphatic rings. The Morgan fingerprint density at radius 3 is 2.22 bits per heavy atom. The monoisotopic (exact) mass is 527 g/mol. The summed E-state index contributed by atoms with van der Waals surface area (Å²) in [7, 11) is -2.16. The third-order valence-electron chi connectivity index (χ3n) is 5.87. The summed E-state index contributed by atoms with van der Waals surface area (Å²) in [6.45, 7) is 7.90. The maximum atomic E-state index is 13.6. The van der Waals surface area contributed by atoms with E-state index in [0.717, 1.165) is 17.1 Å². The van der Waals surface area contributed by atoms with Gasteiger partial charge in [-0.1, -0.05) is 0 Å². The minimum absolute atomic E-state index is 0.117. The van der Waals surface area contributed by atoms with E-state index in [2.05, 4.69) is 15.3 Å². The van der Waals surface area contributed by atoms with E-state index >= 15 is 0 Å². The largest absolute Gasteiger partial charge is 0.497 e. The van der Waals surface area contributed by atoms with Crippen molar-refractivity contribution in [3.63, 3.8) is 0 Å². The molecular weight excluding hydrogens is 494 g/mol. The van der Waals surface area contributed by atoms with Gasteiger partial charge >= 0.3 is 0 Å². The predicted molar refractivity (Wildman–Crippen MR) is 143 cm³/mol. The summed E-state index contributed by atoms with van der Waals surface area (Å²) < 4.78 is 45.0. The van der Waals surface area contributed by atoms with Crippen molar-refractivity contribution in [3.05, 3.63) is 54.2 Å². The number of aryl methyl sites for hydroxylation is 1. The molecule has 0 atom stereocenters. The SMILES string of the molecule is CCOc1ccc(OCC)c(S(=O)(=O)N2CCN(c3nc(C)cc(Nc4ccc(OC)cc4)n3)CC2)c1. The number of nitrogens with one attached hydrogen (secondary N) is 1. The van der Waals surface area contributed by atoms with Crippen LogP contribution >= 0.6 is 0 Å². The molecule has 0 bridgehead atoms. The average molecular weight is 528 g/mol. The molecule has 4 rings (SSSR count). The summed E-state index contributed by atoms with van der Waals surface area (Å²) >= 11 is 0. The van der Waals surface area contributed by atoms with Crippen LogP contribution < -0.4 is 24.4 Å². The molecule has 0 aliphatic carbocycles. The Morgan fingerprint density at radius 1 is 0.892 bits per heavy atom. The second kappa shape index (κ2) is 11.7. The number of benzene rings is 2. The number of nitrogens with zero attached hydrogens (tertiary/aromatic N) is 4. The van der Waals surface area contributed by atoms with Crippen molar-refractivity contribution in [1.29, 1.82) is 0 Å². The van der Waals surface area contributed by atoms with Crippen molar-refractivity contribution < 1.29 is 22.6 Å². The Bertz CT molecular complexity index is 1310. The molecule has 0 spiro atoms. The first-order valence-corrected chi connectivity index (χ1v) is 13.7. The van der Waals surface area contributed by atoms with Crippen LogP contribution in [0.4, 0.5) is 17.5 Å². The smallest absolute Gasteiger partial charge is 0.247 e. The van der Waals surface area contributed by atoms with Gasteiger partial charge in [-0.05, 0) is 57.2 Å². The van der Waals surface area contributed by atoms with Crippen molar-refractivity contribution in [1.82, 2.24) is 14.3 Å². The summed E-state index contributed by atoms with van der Waals surface area (Å²) in [6, 6.07) is 14.4. The predicted octanol–water partition coefficient (Wildman–Crippen LogP) is 3.85. The number of rotatable bonds is 10. The Labute approximate surface area is 218 Å². The number of piperazine rings is 1. The molecule has 0 radical (unpaired) electrons. The Hall–Kier alpha value is -3.57. The lowest BCUT2D eigenvalue weighted by molar-refractivity contribution is 0.319. The third kappa shape index (κ3) is 6.23. The van der Waals surface area contributed by atoms with Gasteiger partial charge in [-0.25, -0.2) is 13.4 Å². The molecule has 0 amide bonds. The molecule has 2 aromatic carbocycles. The fourth-order valence-corrected chi connectivity index (χ4v) is 5.64. The van der Waals surface area contributed by atoms with E-state index in [4.69, 9.17) is 14.2 Å². The maximum absolute atomic E-state index is 13.6. The number of ether oxygens (including phenoxy) is 3. The van der Waals surface area contributed by atoms with E-state index in [9.17, 15) is 8.42 Å². The molecule has 10 nitrogen and oxygen atoms in total. The van der Waals surface area contributed by atoms with Crippen molar-refractivity contribution in [2.45, 2.75) is 25.7 Å². The fourth-order valence-electron chi connectivity index (χ4n) is 4.07. The zero-order valence-electron chi connectivity index (χ0n) is 21.6. The van der Waals surface area contributed by atoms with Crippen LogP contribution in [-0.4, -0.2) is 69.2 Å². The number of sulfonamides is 1. The van der Waals surface area contributed by atoms with Crippen LogP contribution in [0.3, 0.4) is 0 Å². The van der Waals surface area contributed by atoms with E-state index in [-0.39, 0.29) is 4.90 Å². The molecule has 198 valence electrons. The van der Waals surface area contributed by atoms with Crippen LogP contribution in [0.15, 0.2) is 53.4 Å². The number of aromatic nitrogens is 2. The molecule has 1 fully saturated rings. The molecule has 11 heteroatoms. The molecule has 1 N–H and O–H groups in total. The van der Waals surface area contributed by atoms with E-state index in [1.165, 1.54) is 10.4 Å². The van der Waals surface area contributed by atoms with E-state index in [1.54, 1.807) is 19.2 Å². The summed E-state index contributed by atoms with van der Waals surface area (Å²) in [5.41, 5.74) is 1.69. The second-order valence-corrected chi connectivity index (χ2v) is 10.3. The highest BCUT2D eigenvalue weighted by atomic mass is 32.2. The molecule has 0 unspecified atom stereocenters. The van der Waals surface area contributed by atoms with Crippen LogP contribution in [0.2, 0.25) is 0 Å². The highest BCUT2D eigenvalue weighted by molar-refractivity contribution is 7.89. The second-order valence-electron chi connectivity index (χ2n) is 8.41. The van der Waals surface area contributed by atoms with Gasteiger partial charge in [0.25, 0.3) is 0 Å². The van der Waals surface area contributed by atoms with Gasteiger partial charge in [-0.2, -0.15) is 9.29 Å². The van der Waals surface area contributed by atoms with Gasteiger partial charge in [0.15, 0.2) is 0 Å². The molecule has 1 aromatic heterocycles. The topological polar surface area (TPSA) is 106 Å². The van der Waals surface area contributed by atoms with Crippen LogP contribution in [0.1, 0.15) is 19.5 Å². The van der Waals surface area contributed by atoms with Gasteiger partial charge in [-0.15, -0.1) is 0 Å². The van der Waals surface area contributed by atoms with Crippen molar-refractivity contribution in [2.75, 3.05) is 56.7 Å². The van der Waals surface area contributed by atoms with Crippen LogP contribution in [0, 0.1) is 6.92 Å². The maximum Gasteiger partial charge on any atom is 0.247 e. The molecule has 1 saturated heterocycles. The lowest BCUT2D eigenvalue weighted by Gasteiger charge is -2.34. The fraction of sp³-hybridized carbons (Fsp3) is 0.385. The van der Waals surface area contributed by atoms with E-state index in [0.29, 0.717) is 62.7 Å². The van der Waals surface area contributed by atoms with Gasteiger partial charge in [0.1, 0.15) is 28.0 Å². The van der Waals surface area contributed by atoms with Gasteiger partial charge < -0.3 is 24.4 Å². The van der Waals surface area contributed by atoms with Crippen molar-refractivity contribution in [3.8, 4) is 17.2 Å². The Kier molecular flexibility index (Phi) is 8.34. The quantitative estimate of drug-likeness (QED) is 0.421. The zero-order valence-corrected chi connectivity index (χ0v) is 22.4. The summed E-state index contributed by atoms with van der Waals surface area (Å²) in [5, 5.41) is 3.30. The van der Waals surface area contributed by atoms with E-state index < -0.39 is 10.0 Å². The Balaban J connectivity index is 1.49. The summed E-state index contributed by atoms with van der Waals surface area (Å²) in [5.74, 6) is 2.81. The molecule has 2 heterocycles. The highest BCUT2D eigenvalue weighted by Crippen LogP contribution is 2.32. The number of anilines is 3. The average Bonchev–Trinajstić information content (AvgIpc) is 2.90. The third-order valence-corrected chi connectivity index (χ3v) is 7.79. The van der Waals surface area contributed by atoms with Gasteiger partial charge in [-0.3, -0.25) is 0 Å². The lowest BCUT2D eigenvalue weighted by atomic mass is 10.3. The molecule has 3 aromatic rings. The molecule has 37 heavy (non-hydrogen) atoms. The summed E-state index contributed by atoms with van der Waals surface area (Å²) in [6.07, 6.45) is 0. The van der Waals surface area contributed by atoms with E-state index in [1.807, 2.05) is 56.0 Å². The first-order chi connectivity index (χ1) is 17.8. The minimum atomic E-state index is -3.79. The first-order valence-electron chi connectivity index (χ1n) is 12.3. The normalized spacial score (nSPS) is 14.3. The number of hydrogen-bond acceptors (Lipinski definition) is 9. The highest BCUT2D eigenvalue weighted by Gasteiger charge is 2.32. The number of hydrogen-bond donors (Lipinski definition) is 1. The van der Waals surface area contributed by atoms with Crippen LogP contribution in [0.25, 0.3) is 0 Å². The Morgan fingerprint density at radius 2 is 1.57 bits per heavy atom. The lowest BCUT2D eigenvalue weighted by Crippen LogP contribution is -2.49. The zero-order chi connectivity index (χ0) is 26.4. The summed E-state index contributed by atoms with van der Waals surface area (Å²) in [4.78, 5) is 11.4. The van der Waals surface area contributed by atoms with Gasteiger partial charge in [0, 0.05) is 49.7 Å². The van der Waals surface area contributed by atoms with Crippen molar-refractivity contribution in [2.24, 2.45) is 0 Å². The van der Waals surface area contributed by atoms with Gasteiger partial charge in [0.05, 0.1) is 20.3 Å². The van der Waals surface area contributed by atoms with Crippen LogP contribution in [0.5, 0.6) is 17.2 Å². The van der Waals surface area contributed by atoms with Gasteiger partial charge in [0.2, 0.25) is 16.0 Å². The standard InChI is InChI=1S/C26H33N5O5S/c1-5-35-22-11-12-23(36-6-2)24(18-22)37(32,33)31-15-13-30(14-16-31)26-27-19(3)17-25(29-26)28-20-7-9-21(34-4)10-8-20/h7-12,17-18H,5-6,13-16H2,1-4H3,(H,27,28,29). The van der Waals surface area contributed by atoms with Crippen molar-refractivity contribution >= 4 is 27.5 Å². The number of methoxy groups -OCH3 is 1. The minimum Gasteiger partial charge on any atom is -0.497 e. The molecule has 1 aliphatic heterocycles. The molecule has 0 saturated carbocycles. The first kappa shape index (κ1) is 26.5. The molecular formula is C26H33N5O5S. The van der Waals surface area contributed by atoms with Crippen LogP contribution in [-0.2, 0) is 10.0 Å².